The maximum absolute atomic E-state index is 13.7. The highest BCUT2D eigenvalue weighted by Gasteiger charge is 2.33. The zero-order valence-corrected chi connectivity index (χ0v) is 19.5. The third-order valence-electron chi connectivity index (χ3n) is 6.22. The van der Waals surface area contributed by atoms with Crippen LogP contribution in [0.1, 0.15) is 34.0 Å². The van der Waals surface area contributed by atoms with E-state index in [1.165, 1.54) is 29.6 Å². The Balaban J connectivity index is 1.62. The highest BCUT2D eigenvalue weighted by Crippen LogP contribution is 2.42. The third-order valence-corrected chi connectivity index (χ3v) is 8.13. The van der Waals surface area contributed by atoms with E-state index < -0.39 is 0 Å². The van der Waals surface area contributed by atoms with Crippen molar-refractivity contribution in [1.82, 2.24) is 4.57 Å². The molecule has 2 aromatic carbocycles. The van der Waals surface area contributed by atoms with Gasteiger partial charge in [0.15, 0.2) is 16.3 Å². The van der Waals surface area contributed by atoms with E-state index in [2.05, 4.69) is 29.6 Å². The first-order valence-electron chi connectivity index (χ1n) is 10.7. The number of para-hydroxylation sites is 1. The number of thiazole rings is 1. The van der Waals surface area contributed by atoms with Gasteiger partial charge in [-0.05, 0) is 47.6 Å². The number of phenolic OH excluding ortho intramolecular Hbond substituents is 1. The maximum atomic E-state index is 13.7. The number of aromatic hydroxyl groups is 1. The van der Waals surface area contributed by atoms with Crippen LogP contribution >= 0.6 is 22.7 Å². The number of rotatable bonds is 3. The number of hydrogen-bond acceptors (Lipinski definition) is 6. The first-order chi connectivity index (χ1) is 16.2. The molecule has 1 N–H and O–H groups in total. The van der Waals surface area contributed by atoms with Crippen LogP contribution in [0.15, 0.2) is 75.3 Å². The van der Waals surface area contributed by atoms with Crippen molar-refractivity contribution in [2.75, 3.05) is 7.11 Å². The first kappa shape index (κ1) is 20.2. The highest BCUT2D eigenvalue weighted by atomic mass is 32.1. The first-order valence-corrected chi connectivity index (χ1v) is 12.4. The summed E-state index contributed by atoms with van der Waals surface area (Å²) in [6.07, 6.45) is 3.54. The summed E-state index contributed by atoms with van der Waals surface area (Å²) in [6, 6.07) is 17.6. The molecule has 2 aromatic heterocycles. The Morgan fingerprint density at radius 2 is 2.00 bits per heavy atom. The molecule has 0 amide bonds. The molecule has 0 spiro atoms. The molecule has 4 aromatic rings. The SMILES string of the molecule is COc1cccc(C=c2sc3n(c2=O)[C@@H](c2cccs2)C2=C(N=3)c3ccccc3CC2)c1O. The predicted octanol–water partition coefficient (Wildman–Crippen LogP) is 4.09. The van der Waals surface area contributed by atoms with Crippen LogP contribution in [0.4, 0.5) is 0 Å². The number of aromatic nitrogens is 1. The van der Waals surface area contributed by atoms with Crippen molar-refractivity contribution in [1.29, 1.82) is 0 Å². The minimum atomic E-state index is -0.161. The summed E-state index contributed by atoms with van der Waals surface area (Å²) in [5.74, 6) is 0.397. The van der Waals surface area contributed by atoms with E-state index in [0.717, 1.165) is 29.0 Å². The predicted molar refractivity (Wildman–Crippen MR) is 132 cm³/mol. The summed E-state index contributed by atoms with van der Waals surface area (Å²) in [7, 11) is 1.51. The Morgan fingerprint density at radius 3 is 2.82 bits per heavy atom. The number of fused-ring (bicyclic) bond motifs is 3. The molecule has 5 nitrogen and oxygen atoms in total. The van der Waals surface area contributed by atoms with E-state index in [1.54, 1.807) is 35.6 Å². The van der Waals surface area contributed by atoms with Gasteiger partial charge in [0.2, 0.25) is 0 Å². The Morgan fingerprint density at radius 1 is 1.12 bits per heavy atom. The van der Waals surface area contributed by atoms with Crippen molar-refractivity contribution >= 4 is 34.4 Å². The molecule has 2 aliphatic rings. The molecule has 0 unspecified atom stereocenters. The van der Waals surface area contributed by atoms with Crippen LogP contribution in [0.5, 0.6) is 11.5 Å². The fourth-order valence-corrected chi connectivity index (χ4v) is 6.52. The summed E-state index contributed by atoms with van der Waals surface area (Å²) in [5, 5.41) is 12.6. The zero-order valence-electron chi connectivity index (χ0n) is 17.8. The highest BCUT2D eigenvalue weighted by molar-refractivity contribution is 7.10. The summed E-state index contributed by atoms with van der Waals surface area (Å²) >= 11 is 3.02. The number of allylic oxidation sites excluding steroid dienone is 1. The minimum absolute atomic E-state index is 0.0221. The number of thiophene rings is 1. The smallest absolute Gasteiger partial charge is 0.271 e. The van der Waals surface area contributed by atoms with Crippen LogP contribution in [0.25, 0.3) is 11.8 Å². The monoisotopic (exact) mass is 472 g/mol. The molecule has 1 atom stereocenters. The Bertz CT molecular complexity index is 1590. The van der Waals surface area contributed by atoms with Gasteiger partial charge in [-0.2, -0.15) is 0 Å². The minimum Gasteiger partial charge on any atom is -0.504 e. The van der Waals surface area contributed by atoms with Crippen molar-refractivity contribution in [3.8, 4) is 11.5 Å². The summed E-state index contributed by atoms with van der Waals surface area (Å²) in [6.45, 7) is 0. The lowest BCUT2D eigenvalue weighted by Gasteiger charge is -2.30. The van der Waals surface area contributed by atoms with Gasteiger partial charge in [-0.15, -0.1) is 11.3 Å². The van der Waals surface area contributed by atoms with E-state index in [4.69, 9.17) is 9.73 Å². The van der Waals surface area contributed by atoms with E-state index >= 15 is 0 Å². The average molecular weight is 473 g/mol. The molecule has 1 aliphatic carbocycles. The van der Waals surface area contributed by atoms with Crippen LogP contribution < -0.4 is 19.6 Å². The Labute approximate surface area is 197 Å². The second-order valence-corrected chi connectivity index (χ2v) is 10.0. The van der Waals surface area contributed by atoms with Crippen LogP contribution in [0.2, 0.25) is 0 Å². The van der Waals surface area contributed by atoms with Crippen LogP contribution in [0, 0.1) is 0 Å². The van der Waals surface area contributed by atoms with Crippen LogP contribution in [0.3, 0.4) is 0 Å². The third kappa shape index (κ3) is 3.19. The van der Waals surface area contributed by atoms with Gasteiger partial charge in [-0.1, -0.05) is 53.8 Å². The molecule has 3 heterocycles. The number of phenols is 1. The number of hydrogen-bond donors (Lipinski definition) is 1. The summed E-state index contributed by atoms with van der Waals surface area (Å²) in [4.78, 5) is 20.5. The molecule has 7 heteroatoms. The Hall–Kier alpha value is -3.42. The lowest BCUT2D eigenvalue weighted by atomic mass is 9.85. The molecule has 0 radical (unpaired) electrons. The maximum Gasteiger partial charge on any atom is 0.271 e. The molecule has 0 saturated carbocycles. The van der Waals surface area contributed by atoms with Gasteiger partial charge in [0.05, 0.1) is 23.4 Å². The van der Waals surface area contributed by atoms with Crippen molar-refractivity contribution < 1.29 is 9.84 Å². The van der Waals surface area contributed by atoms with Gasteiger partial charge in [-0.25, -0.2) is 4.99 Å². The second kappa shape index (κ2) is 7.86. The van der Waals surface area contributed by atoms with Gasteiger partial charge < -0.3 is 9.84 Å². The zero-order chi connectivity index (χ0) is 22.5. The van der Waals surface area contributed by atoms with Gasteiger partial charge in [0.25, 0.3) is 5.56 Å². The molecule has 0 bridgehead atoms. The van der Waals surface area contributed by atoms with Crippen molar-refractivity contribution in [2.45, 2.75) is 18.9 Å². The number of aryl methyl sites for hydroxylation is 1. The van der Waals surface area contributed by atoms with Crippen molar-refractivity contribution in [3.63, 3.8) is 0 Å². The van der Waals surface area contributed by atoms with E-state index in [9.17, 15) is 9.90 Å². The largest absolute Gasteiger partial charge is 0.504 e. The molecule has 0 fully saturated rings. The number of nitrogens with zero attached hydrogens (tertiary/aromatic N) is 2. The number of methoxy groups -OCH3 is 1. The number of ether oxygens (including phenoxy) is 1. The van der Waals surface area contributed by atoms with Gasteiger partial charge in [0, 0.05) is 16.0 Å². The van der Waals surface area contributed by atoms with Gasteiger partial charge in [-0.3, -0.25) is 9.36 Å². The molecular weight excluding hydrogens is 452 g/mol. The van der Waals surface area contributed by atoms with Crippen LogP contribution in [-0.2, 0) is 6.42 Å². The van der Waals surface area contributed by atoms with E-state index in [0.29, 0.717) is 20.6 Å². The standard InChI is InChI=1S/C26H20N2O3S2/c1-31-19-9-4-7-16(24(19)29)14-21-25(30)28-23(20-10-5-13-32-20)18-12-11-15-6-2-3-8-17(15)22(18)27-26(28)33-21/h2-10,13-14,23,29H,11-12H2,1H3/t23-/m1/s1. The quantitative estimate of drug-likeness (QED) is 0.488. The van der Waals surface area contributed by atoms with Crippen molar-refractivity contribution in [2.24, 2.45) is 4.99 Å². The number of benzene rings is 2. The normalized spacial score (nSPS) is 17.2. The van der Waals surface area contributed by atoms with E-state index in [1.807, 2.05) is 16.7 Å². The molecular formula is C26H20N2O3S2. The molecule has 0 saturated heterocycles. The lowest BCUT2D eigenvalue weighted by molar-refractivity contribution is 0.373. The summed E-state index contributed by atoms with van der Waals surface area (Å²) in [5.41, 5.74) is 5.09. The fraction of sp³-hybridized carbons (Fsp3) is 0.154. The fourth-order valence-electron chi connectivity index (χ4n) is 4.68. The molecule has 33 heavy (non-hydrogen) atoms. The van der Waals surface area contributed by atoms with Gasteiger partial charge >= 0.3 is 0 Å². The Kier molecular flexibility index (Phi) is 4.81. The van der Waals surface area contributed by atoms with Gasteiger partial charge in [0.1, 0.15) is 0 Å². The topological polar surface area (TPSA) is 63.8 Å². The molecule has 1 aliphatic heterocycles. The van der Waals surface area contributed by atoms with Crippen LogP contribution in [-0.4, -0.2) is 16.8 Å². The average Bonchev–Trinajstić information content (AvgIpc) is 3.48. The second-order valence-electron chi connectivity index (χ2n) is 8.03. The lowest BCUT2D eigenvalue weighted by Crippen LogP contribution is -2.38. The van der Waals surface area contributed by atoms with E-state index in [-0.39, 0.29) is 17.4 Å². The summed E-state index contributed by atoms with van der Waals surface area (Å²) < 4.78 is 7.58. The van der Waals surface area contributed by atoms with Crippen molar-refractivity contribution in [3.05, 3.63) is 107 Å². The molecule has 164 valence electrons. The molecule has 6 rings (SSSR count).